The van der Waals surface area contributed by atoms with Crippen LogP contribution in [0.25, 0.3) is 0 Å². The number of benzene rings is 2. The number of nitrogens with one attached hydrogen (secondary N) is 2. The number of anilines is 1. The van der Waals surface area contributed by atoms with E-state index < -0.39 is 10.0 Å². The molecular formula is C20H22ClN3O4S. The van der Waals surface area contributed by atoms with Crippen LogP contribution in [0, 0.1) is 0 Å². The lowest BCUT2D eigenvalue weighted by Crippen LogP contribution is -2.46. The van der Waals surface area contributed by atoms with Crippen LogP contribution in [0.5, 0.6) is 0 Å². The topological polar surface area (TPSA) is 95.6 Å². The van der Waals surface area contributed by atoms with Gasteiger partial charge in [-0.1, -0.05) is 11.6 Å². The third-order valence-corrected chi connectivity index (χ3v) is 6.45. The van der Waals surface area contributed by atoms with Gasteiger partial charge in [-0.2, -0.15) is 0 Å². The fourth-order valence-corrected chi connectivity index (χ4v) is 4.31. The monoisotopic (exact) mass is 435 g/mol. The number of rotatable bonds is 5. The van der Waals surface area contributed by atoms with E-state index in [-0.39, 0.29) is 22.8 Å². The van der Waals surface area contributed by atoms with E-state index in [0.717, 1.165) is 0 Å². The van der Waals surface area contributed by atoms with Crippen molar-refractivity contribution in [1.82, 2.24) is 10.2 Å². The molecule has 0 spiro atoms. The van der Waals surface area contributed by atoms with Crippen molar-refractivity contribution < 1.29 is 18.0 Å². The van der Waals surface area contributed by atoms with Crippen molar-refractivity contribution >= 4 is 39.1 Å². The highest BCUT2D eigenvalue weighted by molar-refractivity contribution is 7.92. The van der Waals surface area contributed by atoms with Gasteiger partial charge in [0.2, 0.25) is 5.91 Å². The van der Waals surface area contributed by atoms with Crippen molar-refractivity contribution in [2.45, 2.75) is 30.7 Å². The second kappa shape index (κ2) is 8.84. The summed E-state index contributed by atoms with van der Waals surface area (Å²) in [6.07, 6.45) is 1.39. The maximum absolute atomic E-state index is 12.5. The molecule has 1 heterocycles. The molecule has 0 saturated carbocycles. The Kier molecular flexibility index (Phi) is 6.44. The summed E-state index contributed by atoms with van der Waals surface area (Å²) in [5.41, 5.74) is 0.776. The molecule has 0 unspecified atom stereocenters. The lowest BCUT2D eigenvalue weighted by Gasteiger charge is -2.31. The summed E-state index contributed by atoms with van der Waals surface area (Å²) in [6.45, 7) is 2.78. The second-order valence-corrected chi connectivity index (χ2v) is 9.01. The minimum absolute atomic E-state index is 0.00641. The lowest BCUT2D eigenvalue weighted by atomic mass is 10.0. The van der Waals surface area contributed by atoms with Crippen LogP contribution in [-0.4, -0.2) is 44.3 Å². The average Bonchev–Trinajstić information content (AvgIpc) is 2.70. The molecule has 0 radical (unpaired) electrons. The van der Waals surface area contributed by atoms with Crippen molar-refractivity contribution in [2.75, 3.05) is 17.8 Å². The highest BCUT2D eigenvalue weighted by Gasteiger charge is 2.22. The van der Waals surface area contributed by atoms with E-state index in [1.807, 2.05) is 0 Å². The van der Waals surface area contributed by atoms with Gasteiger partial charge in [0.05, 0.1) is 4.90 Å². The molecule has 2 N–H and O–H groups in total. The van der Waals surface area contributed by atoms with Crippen LogP contribution >= 0.6 is 11.6 Å². The molecule has 29 heavy (non-hydrogen) atoms. The van der Waals surface area contributed by atoms with Gasteiger partial charge < -0.3 is 10.2 Å². The SMILES string of the molecule is CC(=O)N1CCC(NC(=O)c2ccc(S(=O)(=O)Nc3ccc(Cl)cc3)cc2)CC1. The smallest absolute Gasteiger partial charge is 0.261 e. The molecule has 1 aliphatic heterocycles. The van der Waals surface area contributed by atoms with Crippen LogP contribution in [-0.2, 0) is 14.8 Å². The summed E-state index contributed by atoms with van der Waals surface area (Å²) >= 11 is 5.81. The first kappa shape index (κ1) is 21.1. The Morgan fingerprint density at radius 3 is 2.14 bits per heavy atom. The number of halogens is 1. The highest BCUT2D eigenvalue weighted by atomic mass is 35.5. The van der Waals surface area contributed by atoms with Crippen LogP contribution in [0.2, 0.25) is 5.02 Å². The third-order valence-electron chi connectivity index (χ3n) is 4.80. The van der Waals surface area contributed by atoms with E-state index in [9.17, 15) is 18.0 Å². The summed E-state index contributed by atoms with van der Waals surface area (Å²) in [4.78, 5) is 25.6. The first-order chi connectivity index (χ1) is 13.7. The van der Waals surface area contributed by atoms with Crippen LogP contribution in [0.3, 0.4) is 0 Å². The van der Waals surface area contributed by atoms with E-state index in [0.29, 0.717) is 42.2 Å². The fourth-order valence-electron chi connectivity index (χ4n) is 3.12. The molecule has 1 fully saturated rings. The Labute approximate surface area is 175 Å². The predicted octanol–water partition coefficient (Wildman–Crippen LogP) is 2.88. The molecule has 2 aromatic rings. The molecule has 0 bridgehead atoms. The van der Waals surface area contributed by atoms with E-state index >= 15 is 0 Å². The molecule has 0 atom stereocenters. The number of hydrogen-bond donors (Lipinski definition) is 2. The van der Waals surface area contributed by atoms with Crippen LogP contribution in [0.4, 0.5) is 5.69 Å². The third kappa shape index (κ3) is 5.48. The molecule has 7 nitrogen and oxygen atoms in total. The van der Waals surface area contributed by atoms with Crippen molar-refractivity contribution in [2.24, 2.45) is 0 Å². The first-order valence-corrected chi connectivity index (χ1v) is 11.1. The maximum atomic E-state index is 12.5. The standard InChI is InChI=1S/C20H22ClN3O4S/c1-14(25)24-12-10-17(11-13-24)22-20(26)15-2-8-19(9-3-15)29(27,28)23-18-6-4-16(21)5-7-18/h2-9,17,23H,10-13H2,1H3,(H,22,26). The van der Waals surface area contributed by atoms with Crippen LogP contribution < -0.4 is 10.0 Å². The number of sulfonamides is 1. The van der Waals surface area contributed by atoms with Crippen molar-refractivity contribution in [3.8, 4) is 0 Å². The van der Waals surface area contributed by atoms with Gasteiger partial charge in [0.1, 0.15) is 0 Å². The van der Waals surface area contributed by atoms with Gasteiger partial charge in [-0.15, -0.1) is 0 Å². The summed E-state index contributed by atoms with van der Waals surface area (Å²) < 4.78 is 27.5. The van der Waals surface area contributed by atoms with Crippen LogP contribution in [0.1, 0.15) is 30.1 Å². The molecule has 2 amide bonds. The predicted molar refractivity (Wildman–Crippen MR) is 111 cm³/mol. The molecule has 9 heteroatoms. The van der Waals surface area contributed by atoms with E-state index in [1.165, 1.54) is 31.2 Å². The number of likely N-dealkylation sites (tertiary alicyclic amines) is 1. The van der Waals surface area contributed by atoms with Gasteiger partial charge in [0.25, 0.3) is 15.9 Å². The average molecular weight is 436 g/mol. The number of piperidine rings is 1. The minimum Gasteiger partial charge on any atom is -0.349 e. The van der Waals surface area contributed by atoms with Gasteiger partial charge in [0, 0.05) is 42.3 Å². The molecule has 2 aromatic carbocycles. The summed E-state index contributed by atoms with van der Waals surface area (Å²) in [5.74, 6) is -0.223. The van der Waals surface area contributed by atoms with Crippen molar-refractivity contribution in [3.63, 3.8) is 0 Å². The van der Waals surface area contributed by atoms with E-state index in [4.69, 9.17) is 11.6 Å². The number of nitrogens with zero attached hydrogens (tertiary/aromatic N) is 1. The molecule has 0 aromatic heterocycles. The summed E-state index contributed by atoms with van der Waals surface area (Å²) in [7, 11) is -3.77. The Morgan fingerprint density at radius 2 is 1.59 bits per heavy atom. The lowest BCUT2D eigenvalue weighted by molar-refractivity contribution is -0.129. The molecule has 154 valence electrons. The zero-order valence-electron chi connectivity index (χ0n) is 15.9. The number of carbonyl (C=O) groups excluding carboxylic acids is 2. The molecule has 0 aliphatic carbocycles. The minimum atomic E-state index is -3.77. The summed E-state index contributed by atoms with van der Waals surface area (Å²) in [6, 6.07) is 12.1. The molecule has 1 saturated heterocycles. The van der Waals surface area contributed by atoms with Gasteiger partial charge >= 0.3 is 0 Å². The highest BCUT2D eigenvalue weighted by Crippen LogP contribution is 2.19. The second-order valence-electron chi connectivity index (χ2n) is 6.89. The number of carbonyl (C=O) groups is 2. The first-order valence-electron chi connectivity index (χ1n) is 9.19. The molecular weight excluding hydrogens is 414 g/mol. The quantitative estimate of drug-likeness (QED) is 0.754. The Balaban J connectivity index is 1.61. The number of amides is 2. The Morgan fingerprint density at radius 1 is 1.00 bits per heavy atom. The van der Waals surface area contributed by atoms with Crippen LogP contribution in [0.15, 0.2) is 53.4 Å². The van der Waals surface area contributed by atoms with E-state index in [2.05, 4.69) is 10.0 Å². The Hall–Kier alpha value is -2.58. The van der Waals surface area contributed by atoms with Gasteiger partial charge in [-0.05, 0) is 61.4 Å². The zero-order chi connectivity index (χ0) is 21.0. The summed E-state index contributed by atoms with van der Waals surface area (Å²) in [5, 5.41) is 3.45. The van der Waals surface area contributed by atoms with Gasteiger partial charge in [-0.3, -0.25) is 14.3 Å². The zero-order valence-corrected chi connectivity index (χ0v) is 17.5. The maximum Gasteiger partial charge on any atom is 0.261 e. The normalized spacial score (nSPS) is 15.0. The van der Waals surface area contributed by atoms with E-state index in [1.54, 1.807) is 29.2 Å². The molecule has 1 aliphatic rings. The van der Waals surface area contributed by atoms with Crippen molar-refractivity contribution in [3.05, 3.63) is 59.1 Å². The number of hydrogen-bond acceptors (Lipinski definition) is 4. The van der Waals surface area contributed by atoms with Crippen molar-refractivity contribution in [1.29, 1.82) is 0 Å². The van der Waals surface area contributed by atoms with Gasteiger partial charge in [-0.25, -0.2) is 8.42 Å². The molecule has 3 rings (SSSR count). The fraction of sp³-hybridized carbons (Fsp3) is 0.300. The largest absolute Gasteiger partial charge is 0.349 e. The van der Waals surface area contributed by atoms with Gasteiger partial charge in [0.15, 0.2) is 0 Å². The Bertz CT molecular complexity index is 983.